The van der Waals surface area contributed by atoms with Crippen LogP contribution in [0.1, 0.15) is 47.2 Å². The van der Waals surface area contributed by atoms with Crippen molar-refractivity contribution in [2.75, 3.05) is 0 Å². The fourth-order valence-corrected chi connectivity index (χ4v) is 2.52. The Labute approximate surface area is 95.8 Å². The summed E-state index contributed by atoms with van der Waals surface area (Å²) in [6.45, 7) is 0. The molecule has 0 saturated heterocycles. The summed E-state index contributed by atoms with van der Waals surface area (Å²) in [5.41, 5.74) is 9.03. The summed E-state index contributed by atoms with van der Waals surface area (Å²) >= 11 is 0. The van der Waals surface area contributed by atoms with Gasteiger partial charge in [0.2, 0.25) is 0 Å². The van der Waals surface area contributed by atoms with Gasteiger partial charge in [-0.1, -0.05) is 12.1 Å². The minimum absolute atomic E-state index is 0.140. The lowest BCUT2D eigenvalue weighted by molar-refractivity contribution is 0.0949. The number of rotatable bonds is 2. The second-order valence-electron chi connectivity index (χ2n) is 5.18. The van der Waals surface area contributed by atoms with Crippen molar-refractivity contribution >= 4 is 5.78 Å². The van der Waals surface area contributed by atoms with Crippen molar-refractivity contribution in [1.82, 2.24) is 0 Å². The third-order valence-electron chi connectivity index (χ3n) is 3.85. The van der Waals surface area contributed by atoms with Crippen molar-refractivity contribution in [3.63, 3.8) is 0 Å². The molecule has 0 atom stereocenters. The topological polar surface area (TPSA) is 43.1 Å². The number of fused-ring (bicyclic) bond motifs is 1. The number of carbonyl (C=O) groups excluding carboxylic acids is 1. The molecule has 1 aromatic rings. The molecule has 0 bridgehead atoms. The Bertz CT molecular complexity index is 446. The second kappa shape index (κ2) is 3.42. The van der Waals surface area contributed by atoms with E-state index in [-0.39, 0.29) is 5.78 Å². The Morgan fingerprint density at radius 3 is 2.50 bits per heavy atom. The molecule has 84 valence electrons. The molecule has 0 aromatic heterocycles. The average molecular weight is 215 g/mol. The van der Waals surface area contributed by atoms with E-state index in [2.05, 4.69) is 12.1 Å². The molecule has 1 aromatic carbocycles. The van der Waals surface area contributed by atoms with Gasteiger partial charge in [-0.2, -0.15) is 0 Å². The van der Waals surface area contributed by atoms with Gasteiger partial charge in [-0.3, -0.25) is 4.79 Å². The van der Waals surface area contributed by atoms with E-state index in [0.29, 0.717) is 0 Å². The number of benzene rings is 1. The standard InChI is InChI=1S/C14H17NO/c15-14(7-8-14)13(16)12-6-5-10-3-1-2-4-11(10)9-12/h5-6,9H,1-4,7-8,15H2. The maximum absolute atomic E-state index is 12.1. The molecule has 2 heteroatoms. The van der Waals surface area contributed by atoms with Gasteiger partial charge in [-0.15, -0.1) is 0 Å². The van der Waals surface area contributed by atoms with Crippen LogP contribution < -0.4 is 5.73 Å². The predicted molar refractivity (Wildman–Crippen MR) is 63.6 cm³/mol. The van der Waals surface area contributed by atoms with E-state index in [0.717, 1.165) is 31.2 Å². The van der Waals surface area contributed by atoms with Crippen molar-refractivity contribution in [2.24, 2.45) is 5.73 Å². The molecule has 0 radical (unpaired) electrons. The van der Waals surface area contributed by atoms with Crippen LogP contribution in [-0.4, -0.2) is 11.3 Å². The number of hydrogen-bond donors (Lipinski definition) is 1. The molecule has 0 aliphatic heterocycles. The quantitative estimate of drug-likeness (QED) is 0.769. The Hall–Kier alpha value is -1.15. The molecule has 1 saturated carbocycles. The van der Waals surface area contributed by atoms with Crippen LogP contribution in [0.3, 0.4) is 0 Å². The second-order valence-corrected chi connectivity index (χ2v) is 5.18. The molecule has 0 spiro atoms. The molecule has 2 nitrogen and oxygen atoms in total. The van der Waals surface area contributed by atoms with Gasteiger partial charge in [-0.05, 0) is 55.7 Å². The van der Waals surface area contributed by atoms with E-state index in [1.165, 1.54) is 24.0 Å². The first-order chi connectivity index (χ1) is 7.69. The molecule has 2 N–H and O–H groups in total. The number of carbonyl (C=O) groups is 1. The van der Waals surface area contributed by atoms with Crippen molar-refractivity contribution in [3.05, 3.63) is 34.9 Å². The maximum atomic E-state index is 12.1. The van der Waals surface area contributed by atoms with E-state index < -0.39 is 5.54 Å². The normalized spacial score (nSPS) is 21.3. The van der Waals surface area contributed by atoms with Gasteiger partial charge < -0.3 is 5.73 Å². The largest absolute Gasteiger partial charge is 0.319 e. The van der Waals surface area contributed by atoms with Gasteiger partial charge in [-0.25, -0.2) is 0 Å². The number of hydrogen-bond acceptors (Lipinski definition) is 2. The molecular formula is C14H17NO. The van der Waals surface area contributed by atoms with Crippen LogP contribution in [0.5, 0.6) is 0 Å². The van der Waals surface area contributed by atoms with Crippen LogP contribution in [0.2, 0.25) is 0 Å². The zero-order valence-corrected chi connectivity index (χ0v) is 9.46. The minimum Gasteiger partial charge on any atom is -0.319 e. The summed E-state index contributed by atoms with van der Waals surface area (Å²) < 4.78 is 0. The van der Waals surface area contributed by atoms with E-state index in [4.69, 9.17) is 5.73 Å². The fourth-order valence-electron chi connectivity index (χ4n) is 2.52. The van der Waals surface area contributed by atoms with Gasteiger partial charge in [0, 0.05) is 5.56 Å². The van der Waals surface area contributed by atoms with E-state index in [9.17, 15) is 4.79 Å². The number of ketones is 1. The minimum atomic E-state index is -0.525. The molecule has 0 amide bonds. The van der Waals surface area contributed by atoms with Crippen molar-refractivity contribution in [1.29, 1.82) is 0 Å². The molecule has 3 rings (SSSR count). The lowest BCUT2D eigenvalue weighted by Crippen LogP contribution is -2.32. The van der Waals surface area contributed by atoms with Crippen LogP contribution >= 0.6 is 0 Å². The SMILES string of the molecule is NC1(C(=O)c2ccc3c(c2)CCCC3)CC1. The molecule has 0 unspecified atom stereocenters. The zero-order chi connectivity index (χ0) is 11.2. The Kier molecular flexibility index (Phi) is 2.15. The van der Waals surface area contributed by atoms with Crippen LogP contribution in [0.4, 0.5) is 0 Å². The van der Waals surface area contributed by atoms with Crippen molar-refractivity contribution in [3.8, 4) is 0 Å². The first-order valence-electron chi connectivity index (χ1n) is 6.15. The van der Waals surface area contributed by atoms with Gasteiger partial charge in [0.25, 0.3) is 0 Å². The monoisotopic (exact) mass is 215 g/mol. The summed E-state index contributed by atoms with van der Waals surface area (Å²) in [6.07, 6.45) is 6.51. The van der Waals surface area contributed by atoms with Gasteiger partial charge in [0.1, 0.15) is 0 Å². The Balaban J connectivity index is 1.94. The molecule has 0 heterocycles. The predicted octanol–water partition coefficient (Wildman–Crippen LogP) is 2.24. The fraction of sp³-hybridized carbons (Fsp3) is 0.500. The third kappa shape index (κ3) is 1.57. The van der Waals surface area contributed by atoms with Gasteiger partial charge in [0.15, 0.2) is 5.78 Å². The Morgan fingerprint density at radius 2 is 1.81 bits per heavy atom. The van der Waals surface area contributed by atoms with Gasteiger partial charge in [0.05, 0.1) is 5.54 Å². The maximum Gasteiger partial charge on any atom is 0.182 e. The molecule has 2 aliphatic carbocycles. The number of Topliss-reactive ketones (excluding diaryl/α,β-unsaturated/α-hetero) is 1. The zero-order valence-electron chi connectivity index (χ0n) is 9.46. The first-order valence-corrected chi connectivity index (χ1v) is 6.15. The summed E-state index contributed by atoms with van der Waals surface area (Å²) in [7, 11) is 0. The highest BCUT2D eigenvalue weighted by Crippen LogP contribution is 2.36. The van der Waals surface area contributed by atoms with Crippen LogP contribution in [0, 0.1) is 0 Å². The number of nitrogens with two attached hydrogens (primary N) is 1. The van der Waals surface area contributed by atoms with E-state index in [1.54, 1.807) is 0 Å². The van der Waals surface area contributed by atoms with E-state index in [1.807, 2.05) is 6.07 Å². The molecule has 2 aliphatic rings. The molecular weight excluding hydrogens is 198 g/mol. The summed E-state index contributed by atoms with van der Waals surface area (Å²) in [5.74, 6) is 0.140. The lowest BCUT2D eigenvalue weighted by atomic mass is 9.89. The van der Waals surface area contributed by atoms with Crippen LogP contribution in [0.25, 0.3) is 0 Å². The van der Waals surface area contributed by atoms with Crippen LogP contribution in [-0.2, 0) is 12.8 Å². The Morgan fingerprint density at radius 1 is 1.12 bits per heavy atom. The lowest BCUT2D eigenvalue weighted by Gasteiger charge is -2.17. The van der Waals surface area contributed by atoms with Crippen molar-refractivity contribution in [2.45, 2.75) is 44.1 Å². The molecule has 16 heavy (non-hydrogen) atoms. The highest BCUT2D eigenvalue weighted by Gasteiger charge is 2.46. The highest BCUT2D eigenvalue weighted by atomic mass is 16.1. The number of aryl methyl sites for hydroxylation is 2. The summed E-state index contributed by atoms with van der Waals surface area (Å²) in [4.78, 5) is 12.1. The average Bonchev–Trinajstić information content (AvgIpc) is 3.07. The first kappa shape index (κ1) is 10.0. The van der Waals surface area contributed by atoms with E-state index >= 15 is 0 Å². The summed E-state index contributed by atoms with van der Waals surface area (Å²) in [5, 5.41) is 0. The third-order valence-corrected chi connectivity index (χ3v) is 3.85. The molecule has 1 fully saturated rings. The van der Waals surface area contributed by atoms with Crippen LogP contribution in [0.15, 0.2) is 18.2 Å². The summed E-state index contributed by atoms with van der Waals surface area (Å²) in [6, 6.07) is 6.15. The van der Waals surface area contributed by atoms with Crippen molar-refractivity contribution < 1.29 is 4.79 Å². The highest BCUT2D eigenvalue weighted by molar-refractivity contribution is 6.05. The smallest absolute Gasteiger partial charge is 0.182 e. The van der Waals surface area contributed by atoms with Gasteiger partial charge >= 0.3 is 0 Å².